The first-order valence-electron chi connectivity index (χ1n) is 6.28. The maximum atomic E-state index is 5.92. The van der Waals surface area contributed by atoms with Gasteiger partial charge in [-0.15, -0.1) is 0 Å². The van der Waals surface area contributed by atoms with Crippen molar-refractivity contribution in [2.45, 2.75) is 44.6 Å². The Hall–Kier alpha value is -0.530. The summed E-state index contributed by atoms with van der Waals surface area (Å²) in [5, 5.41) is 4.45. The summed E-state index contributed by atoms with van der Waals surface area (Å²) in [4.78, 5) is 0. The molecule has 0 saturated heterocycles. The molecule has 0 aromatic heterocycles. The summed E-state index contributed by atoms with van der Waals surface area (Å²) in [5.74, 6) is 0.642. The molecule has 1 atom stereocenters. The number of benzene rings is 1. The van der Waals surface area contributed by atoms with Crippen LogP contribution in [0.5, 0.6) is 0 Å². The van der Waals surface area contributed by atoms with Crippen LogP contribution in [0.1, 0.15) is 44.1 Å². The van der Waals surface area contributed by atoms with E-state index in [0.29, 0.717) is 5.92 Å². The Morgan fingerprint density at radius 3 is 2.56 bits per heavy atom. The summed E-state index contributed by atoms with van der Waals surface area (Å²) in [7, 11) is 0. The van der Waals surface area contributed by atoms with Crippen molar-refractivity contribution < 1.29 is 0 Å². The van der Waals surface area contributed by atoms with E-state index in [-0.39, 0.29) is 0 Å². The van der Waals surface area contributed by atoms with E-state index in [1.54, 1.807) is 0 Å². The third-order valence-electron chi connectivity index (χ3n) is 3.21. The lowest BCUT2D eigenvalue weighted by Gasteiger charge is -2.17. The molecule has 16 heavy (non-hydrogen) atoms. The van der Waals surface area contributed by atoms with Gasteiger partial charge in [-0.2, -0.15) is 0 Å². The Morgan fingerprint density at radius 2 is 2.00 bits per heavy atom. The topological polar surface area (TPSA) is 12.0 Å². The molecular weight excluding hydrogens is 218 g/mol. The first kappa shape index (κ1) is 11.9. The Balaban J connectivity index is 1.95. The predicted octanol–water partition coefficient (Wildman–Crippen LogP) is 3.98. The van der Waals surface area contributed by atoms with Gasteiger partial charge in [0, 0.05) is 17.6 Å². The monoisotopic (exact) mass is 237 g/mol. The van der Waals surface area contributed by atoms with Gasteiger partial charge < -0.3 is 5.32 Å². The molecule has 0 amide bonds. The first-order valence-corrected chi connectivity index (χ1v) is 6.66. The highest BCUT2D eigenvalue weighted by atomic mass is 35.5. The molecule has 1 N–H and O–H groups in total. The van der Waals surface area contributed by atoms with E-state index in [2.05, 4.69) is 24.4 Å². The van der Waals surface area contributed by atoms with E-state index in [1.807, 2.05) is 12.1 Å². The van der Waals surface area contributed by atoms with Gasteiger partial charge in [0.2, 0.25) is 0 Å². The van der Waals surface area contributed by atoms with Crippen molar-refractivity contribution in [3.8, 4) is 0 Å². The Labute approximate surface area is 103 Å². The van der Waals surface area contributed by atoms with Gasteiger partial charge in [0.25, 0.3) is 0 Å². The molecule has 2 rings (SSSR count). The second-order valence-corrected chi connectivity index (χ2v) is 5.16. The zero-order chi connectivity index (χ0) is 11.4. The molecule has 1 aliphatic carbocycles. The van der Waals surface area contributed by atoms with Gasteiger partial charge in [-0.1, -0.05) is 37.1 Å². The quantitative estimate of drug-likeness (QED) is 0.789. The average Bonchev–Trinajstić information content (AvgIpc) is 3.09. The van der Waals surface area contributed by atoms with Crippen LogP contribution in [0, 0.1) is 0 Å². The molecule has 1 saturated carbocycles. The lowest BCUT2D eigenvalue weighted by molar-refractivity contribution is 0.542. The van der Waals surface area contributed by atoms with Crippen molar-refractivity contribution in [3.05, 3.63) is 34.9 Å². The van der Waals surface area contributed by atoms with Crippen molar-refractivity contribution in [1.29, 1.82) is 0 Å². The van der Waals surface area contributed by atoms with Crippen LogP contribution in [-0.2, 0) is 0 Å². The largest absolute Gasteiger partial charge is 0.313 e. The van der Waals surface area contributed by atoms with Gasteiger partial charge in [-0.3, -0.25) is 0 Å². The van der Waals surface area contributed by atoms with Crippen LogP contribution < -0.4 is 5.32 Å². The SMILES string of the molecule is CCCC(CNC1CC1)c1ccc(Cl)cc1. The molecular formula is C14H20ClN. The normalized spacial score (nSPS) is 17.4. The molecule has 0 aliphatic heterocycles. The van der Waals surface area contributed by atoms with Crippen LogP contribution in [0.15, 0.2) is 24.3 Å². The van der Waals surface area contributed by atoms with Crippen LogP contribution in [0.25, 0.3) is 0 Å². The number of halogens is 1. The number of rotatable bonds is 6. The molecule has 1 aromatic rings. The summed E-state index contributed by atoms with van der Waals surface area (Å²) in [6.45, 7) is 3.36. The van der Waals surface area contributed by atoms with Gasteiger partial charge in [-0.25, -0.2) is 0 Å². The minimum absolute atomic E-state index is 0.642. The zero-order valence-corrected chi connectivity index (χ0v) is 10.6. The number of nitrogens with one attached hydrogen (secondary N) is 1. The van der Waals surface area contributed by atoms with E-state index < -0.39 is 0 Å². The van der Waals surface area contributed by atoms with E-state index in [1.165, 1.54) is 31.2 Å². The highest BCUT2D eigenvalue weighted by molar-refractivity contribution is 6.30. The van der Waals surface area contributed by atoms with Gasteiger partial charge in [-0.05, 0) is 42.9 Å². The van der Waals surface area contributed by atoms with Crippen molar-refractivity contribution in [2.75, 3.05) is 6.54 Å². The number of hydrogen-bond acceptors (Lipinski definition) is 1. The van der Waals surface area contributed by atoms with E-state index >= 15 is 0 Å². The van der Waals surface area contributed by atoms with Crippen molar-refractivity contribution in [3.63, 3.8) is 0 Å². The fourth-order valence-corrected chi connectivity index (χ4v) is 2.19. The second-order valence-electron chi connectivity index (χ2n) is 4.72. The van der Waals surface area contributed by atoms with Crippen molar-refractivity contribution in [2.24, 2.45) is 0 Å². The van der Waals surface area contributed by atoms with Crippen molar-refractivity contribution >= 4 is 11.6 Å². The summed E-state index contributed by atoms with van der Waals surface area (Å²) in [6, 6.07) is 9.12. The Kier molecular flexibility index (Phi) is 4.25. The summed E-state index contributed by atoms with van der Waals surface area (Å²) in [6.07, 6.45) is 5.21. The minimum Gasteiger partial charge on any atom is -0.313 e. The molecule has 0 spiro atoms. The van der Waals surface area contributed by atoms with E-state index in [0.717, 1.165) is 17.6 Å². The molecule has 0 bridgehead atoms. The molecule has 1 nitrogen and oxygen atoms in total. The summed E-state index contributed by atoms with van der Waals surface area (Å²) in [5.41, 5.74) is 1.42. The maximum absolute atomic E-state index is 5.92. The van der Waals surface area contributed by atoms with Crippen molar-refractivity contribution in [1.82, 2.24) is 5.32 Å². The average molecular weight is 238 g/mol. The highest BCUT2D eigenvalue weighted by Crippen LogP contribution is 2.25. The van der Waals surface area contributed by atoms with Crippen LogP contribution in [0.4, 0.5) is 0 Å². The highest BCUT2D eigenvalue weighted by Gasteiger charge is 2.22. The lowest BCUT2D eigenvalue weighted by atomic mass is 9.94. The van der Waals surface area contributed by atoms with Crippen LogP contribution >= 0.6 is 11.6 Å². The smallest absolute Gasteiger partial charge is 0.0406 e. The van der Waals surface area contributed by atoms with Crippen LogP contribution in [0.2, 0.25) is 5.02 Å². The maximum Gasteiger partial charge on any atom is 0.0406 e. The molecule has 1 unspecified atom stereocenters. The molecule has 88 valence electrons. The standard InChI is InChI=1S/C14H20ClN/c1-2-3-12(10-16-14-8-9-14)11-4-6-13(15)7-5-11/h4-7,12,14,16H,2-3,8-10H2,1H3. The van der Waals surface area contributed by atoms with Gasteiger partial charge >= 0.3 is 0 Å². The van der Waals surface area contributed by atoms with E-state index in [4.69, 9.17) is 11.6 Å². The molecule has 1 fully saturated rings. The fraction of sp³-hybridized carbons (Fsp3) is 0.571. The van der Waals surface area contributed by atoms with Crippen LogP contribution in [0.3, 0.4) is 0 Å². The van der Waals surface area contributed by atoms with Gasteiger partial charge in [0.05, 0.1) is 0 Å². The molecule has 0 heterocycles. The first-order chi connectivity index (χ1) is 7.79. The zero-order valence-electron chi connectivity index (χ0n) is 9.88. The third-order valence-corrected chi connectivity index (χ3v) is 3.46. The van der Waals surface area contributed by atoms with Crippen LogP contribution in [-0.4, -0.2) is 12.6 Å². The van der Waals surface area contributed by atoms with Gasteiger partial charge in [0.15, 0.2) is 0 Å². The summed E-state index contributed by atoms with van der Waals surface area (Å²) >= 11 is 5.92. The predicted molar refractivity (Wildman–Crippen MR) is 70.1 cm³/mol. The Morgan fingerprint density at radius 1 is 1.31 bits per heavy atom. The molecule has 0 radical (unpaired) electrons. The van der Waals surface area contributed by atoms with Gasteiger partial charge in [0.1, 0.15) is 0 Å². The Bertz CT molecular complexity index is 316. The molecule has 2 heteroatoms. The third kappa shape index (κ3) is 3.50. The lowest BCUT2D eigenvalue weighted by Crippen LogP contribution is -2.23. The molecule has 1 aliphatic rings. The second kappa shape index (κ2) is 5.70. The summed E-state index contributed by atoms with van der Waals surface area (Å²) < 4.78 is 0. The fourth-order valence-electron chi connectivity index (χ4n) is 2.07. The number of hydrogen-bond donors (Lipinski definition) is 1. The van der Waals surface area contributed by atoms with E-state index in [9.17, 15) is 0 Å². The minimum atomic E-state index is 0.642. The molecule has 1 aromatic carbocycles.